The molecule has 1 saturated heterocycles. The van der Waals surface area contributed by atoms with E-state index in [1.165, 1.54) is 26.3 Å². The van der Waals surface area contributed by atoms with E-state index in [4.69, 9.17) is 19.9 Å². The molecule has 1 aliphatic heterocycles. The van der Waals surface area contributed by atoms with Crippen LogP contribution in [0.1, 0.15) is 18.7 Å². The van der Waals surface area contributed by atoms with Crippen molar-refractivity contribution in [2.45, 2.75) is 50.0 Å². The van der Waals surface area contributed by atoms with Crippen molar-refractivity contribution in [2.75, 3.05) is 19.0 Å². The minimum absolute atomic E-state index is 0.119. The van der Waals surface area contributed by atoms with Crippen molar-refractivity contribution in [2.24, 2.45) is 5.73 Å². The number of nitrogens with one attached hydrogen (secondary N) is 2. The number of nitrogens with zero attached hydrogens (tertiary/aromatic N) is 2. The zero-order valence-corrected chi connectivity index (χ0v) is 21.7. The van der Waals surface area contributed by atoms with E-state index in [1.54, 1.807) is 24.3 Å². The lowest BCUT2D eigenvalue weighted by Gasteiger charge is -2.23. The Balaban J connectivity index is 1.58. The average Bonchev–Trinajstić information content (AvgIpc) is 3.20. The van der Waals surface area contributed by atoms with Gasteiger partial charge in [0.2, 0.25) is 5.91 Å². The third-order valence-corrected chi connectivity index (χ3v) is 6.12. The van der Waals surface area contributed by atoms with E-state index in [0.29, 0.717) is 5.75 Å². The zero-order chi connectivity index (χ0) is 29.6. The van der Waals surface area contributed by atoms with E-state index >= 15 is 0 Å². The van der Waals surface area contributed by atoms with Crippen LogP contribution >= 0.6 is 0 Å². The smallest absolute Gasteiger partial charge is 0.413 e. The molecule has 1 aromatic heterocycles. The largest absolute Gasteiger partial charge is 0.497 e. The summed E-state index contributed by atoms with van der Waals surface area (Å²) in [6.45, 7) is 4.43. The van der Waals surface area contributed by atoms with Gasteiger partial charge in [-0.25, -0.2) is 14.4 Å². The highest BCUT2D eigenvalue weighted by Gasteiger charge is 2.38. The number of hydrogen-bond donors (Lipinski definition) is 6. The molecule has 0 saturated carbocycles. The third kappa shape index (κ3) is 7.20. The Morgan fingerprint density at radius 2 is 1.93 bits per heavy atom. The molecule has 40 heavy (non-hydrogen) atoms. The van der Waals surface area contributed by atoms with Crippen molar-refractivity contribution in [3.8, 4) is 5.75 Å². The fourth-order valence-electron chi connectivity index (χ4n) is 3.88. The van der Waals surface area contributed by atoms with Crippen molar-refractivity contribution >= 4 is 23.8 Å². The summed E-state index contributed by atoms with van der Waals surface area (Å²) >= 11 is 0. The van der Waals surface area contributed by atoms with Gasteiger partial charge < -0.3 is 40.6 Å². The summed E-state index contributed by atoms with van der Waals surface area (Å²) in [7, 11) is 1.52. The van der Waals surface area contributed by atoms with Gasteiger partial charge in [0.1, 0.15) is 29.9 Å². The highest BCUT2D eigenvalue weighted by Crippen LogP contribution is 2.31. The number of carboxylic acid groups (broad SMARTS) is 1. The van der Waals surface area contributed by atoms with Crippen LogP contribution in [0.3, 0.4) is 0 Å². The van der Waals surface area contributed by atoms with E-state index in [0.717, 1.165) is 10.1 Å². The van der Waals surface area contributed by atoms with Crippen molar-refractivity contribution in [1.29, 1.82) is 0 Å². The predicted molar refractivity (Wildman–Crippen MR) is 138 cm³/mol. The minimum Gasteiger partial charge on any atom is -0.497 e. The lowest BCUT2D eigenvalue weighted by Crippen LogP contribution is -2.54. The van der Waals surface area contributed by atoms with Crippen LogP contribution in [0.5, 0.6) is 5.75 Å². The van der Waals surface area contributed by atoms with Gasteiger partial charge in [0.05, 0.1) is 19.8 Å². The maximum absolute atomic E-state index is 12.6. The van der Waals surface area contributed by atoms with Gasteiger partial charge in [0.15, 0.2) is 12.3 Å². The molecule has 0 bridgehead atoms. The number of carbonyl (C=O) groups is 3. The van der Waals surface area contributed by atoms with Gasteiger partial charge in [-0.3, -0.25) is 14.7 Å². The fourth-order valence-corrected chi connectivity index (χ4v) is 3.88. The fraction of sp³-hybridized carbons (Fsp3) is 0.400. The number of aliphatic hydroxyl groups is 2. The first-order chi connectivity index (χ1) is 18.9. The maximum Gasteiger partial charge on any atom is 0.413 e. The number of rotatable bonds is 11. The number of aliphatic hydroxyl groups excluding tert-OH is 2. The van der Waals surface area contributed by atoms with E-state index < -0.39 is 66.9 Å². The standard InChI is InChI=1S/C25H31N5O10/c1-12-20(32)17(11-31)40-22(12)30-9-8-18(27-24(30)36)28-25(37)39-13(2)19(23(34)35)29-21(33)16(26)10-14-4-6-15(38-3)7-5-14/h4-9,13,16-17,19-20,22,31-32H,1,10-11,26H2,2-3H3,(H,29,33)(H,34,35)(H,27,28,36,37)/t13-,16-,17+,19+,20-,22+/m0/s1. The predicted octanol–water partition coefficient (Wildman–Crippen LogP) is -0.865. The maximum atomic E-state index is 12.6. The molecule has 2 heterocycles. The highest BCUT2D eigenvalue weighted by molar-refractivity contribution is 5.88. The number of aliphatic carboxylic acids is 1. The van der Waals surface area contributed by atoms with E-state index in [-0.39, 0.29) is 17.8 Å². The molecule has 2 aromatic rings. The second kappa shape index (κ2) is 13.2. The first kappa shape index (κ1) is 30.2. The SMILES string of the molecule is C=C1[C@H](n2ccc(NC(=O)O[C@@H](C)[C@@H](NC(=O)[C@@H](N)Cc3ccc(OC)cc3)C(=O)O)nc2=O)O[C@H](CO)[C@H]1O. The Bertz CT molecular complexity index is 1300. The molecule has 15 nitrogen and oxygen atoms in total. The van der Waals surface area contributed by atoms with Gasteiger partial charge >= 0.3 is 17.8 Å². The summed E-state index contributed by atoms with van der Waals surface area (Å²) < 4.78 is 16.6. The summed E-state index contributed by atoms with van der Waals surface area (Å²) in [5.74, 6) is -1.84. The van der Waals surface area contributed by atoms with Gasteiger partial charge in [-0.1, -0.05) is 18.7 Å². The van der Waals surface area contributed by atoms with Gasteiger partial charge in [0.25, 0.3) is 0 Å². The second-order valence-corrected chi connectivity index (χ2v) is 8.95. The van der Waals surface area contributed by atoms with Crippen molar-refractivity contribution < 1.29 is 43.9 Å². The number of amides is 2. The van der Waals surface area contributed by atoms with Crippen LogP contribution in [0.25, 0.3) is 0 Å². The minimum atomic E-state index is -1.63. The second-order valence-electron chi connectivity index (χ2n) is 8.95. The van der Waals surface area contributed by atoms with Crippen LogP contribution in [0, 0.1) is 0 Å². The number of nitrogens with two attached hydrogens (primary N) is 1. The molecule has 1 fully saturated rings. The van der Waals surface area contributed by atoms with E-state index in [1.807, 2.05) is 0 Å². The number of aromatic nitrogens is 2. The molecular formula is C25H31N5O10. The number of ether oxygens (including phenoxy) is 3. The Kier molecular flexibility index (Phi) is 9.95. The summed E-state index contributed by atoms with van der Waals surface area (Å²) in [6, 6.07) is 5.35. The highest BCUT2D eigenvalue weighted by atomic mass is 16.6. The van der Waals surface area contributed by atoms with Crippen LogP contribution < -0.4 is 26.8 Å². The van der Waals surface area contributed by atoms with Crippen molar-refractivity contribution in [3.63, 3.8) is 0 Å². The molecule has 1 aliphatic rings. The number of benzene rings is 1. The monoisotopic (exact) mass is 561 g/mol. The first-order valence-electron chi connectivity index (χ1n) is 12.1. The zero-order valence-electron chi connectivity index (χ0n) is 21.7. The van der Waals surface area contributed by atoms with Gasteiger partial charge in [-0.05, 0) is 37.1 Å². The van der Waals surface area contributed by atoms with Crippen LogP contribution in [0.2, 0.25) is 0 Å². The first-order valence-corrected chi connectivity index (χ1v) is 12.1. The van der Waals surface area contributed by atoms with E-state index in [2.05, 4.69) is 22.2 Å². The number of methoxy groups -OCH3 is 1. The average molecular weight is 562 g/mol. The van der Waals surface area contributed by atoms with Gasteiger partial charge in [-0.2, -0.15) is 4.98 Å². The molecule has 6 atom stereocenters. The molecular weight excluding hydrogens is 530 g/mol. The molecule has 15 heteroatoms. The molecule has 0 spiro atoms. The molecule has 7 N–H and O–H groups in total. The lowest BCUT2D eigenvalue weighted by atomic mass is 10.0. The number of carbonyl (C=O) groups excluding carboxylic acids is 2. The number of carboxylic acids is 1. The van der Waals surface area contributed by atoms with Crippen LogP contribution in [-0.4, -0.2) is 87.0 Å². The molecule has 0 aliphatic carbocycles. The topological polar surface area (TPSA) is 225 Å². The lowest BCUT2D eigenvalue weighted by molar-refractivity contribution is -0.144. The molecule has 0 unspecified atom stereocenters. The number of anilines is 1. The Morgan fingerprint density at radius 1 is 1.25 bits per heavy atom. The van der Waals surface area contributed by atoms with Crippen LogP contribution in [0.15, 0.2) is 53.5 Å². The van der Waals surface area contributed by atoms with Gasteiger partial charge in [0, 0.05) is 11.8 Å². The molecule has 3 rings (SSSR count). The summed E-state index contributed by atoms with van der Waals surface area (Å²) in [4.78, 5) is 52.9. The molecule has 0 radical (unpaired) electrons. The normalized spacial score (nSPS) is 20.7. The summed E-state index contributed by atoms with van der Waals surface area (Å²) in [5, 5.41) is 33.3. The molecule has 2 amide bonds. The number of hydrogen-bond acceptors (Lipinski definition) is 11. The molecule has 1 aromatic carbocycles. The Morgan fingerprint density at radius 3 is 2.48 bits per heavy atom. The summed E-state index contributed by atoms with van der Waals surface area (Å²) in [6.07, 6.45) is -4.37. The Labute approximate surface area is 228 Å². The van der Waals surface area contributed by atoms with E-state index in [9.17, 15) is 34.5 Å². The third-order valence-electron chi connectivity index (χ3n) is 6.12. The Hall–Kier alpha value is -4.31. The van der Waals surface area contributed by atoms with Crippen LogP contribution in [0.4, 0.5) is 10.6 Å². The van der Waals surface area contributed by atoms with Crippen LogP contribution in [-0.2, 0) is 25.5 Å². The van der Waals surface area contributed by atoms with Gasteiger partial charge in [-0.15, -0.1) is 0 Å². The molecule has 216 valence electrons. The van der Waals surface area contributed by atoms with Crippen molar-refractivity contribution in [3.05, 3.63) is 64.7 Å². The van der Waals surface area contributed by atoms with Crippen molar-refractivity contribution in [1.82, 2.24) is 14.9 Å². The summed E-state index contributed by atoms with van der Waals surface area (Å²) in [5.41, 5.74) is 5.93. The quantitative estimate of drug-likeness (QED) is 0.184.